The van der Waals surface area contributed by atoms with Gasteiger partial charge in [-0.1, -0.05) is 0 Å². The third-order valence-corrected chi connectivity index (χ3v) is 6.87. The lowest BCUT2D eigenvalue weighted by Crippen LogP contribution is -2.50. The summed E-state index contributed by atoms with van der Waals surface area (Å²) in [5.74, 6) is 1.33. The Hall–Kier alpha value is -2.56. The lowest BCUT2D eigenvalue weighted by atomic mass is 10.0. The van der Waals surface area contributed by atoms with Crippen LogP contribution in [-0.4, -0.2) is 55.2 Å². The zero-order valence-electron chi connectivity index (χ0n) is 19.6. The molecule has 0 unspecified atom stereocenters. The molecule has 4 heterocycles. The molecular formula is C25H31FN6OS2. The number of hydrogen-bond acceptors (Lipinski definition) is 4. The average molecular weight is 515 g/mol. The van der Waals surface area contributed by atoms with Gasteiger partial charge in [0.1, 0.15) is 11.8 Å². The van der Waals surface area contributed by atoms with Gasteiger partial charge in [-0.2, -0.15) is 27.0 Å². The van der Waals surface area contributed by atoms with Gasteiger partial charge in [-0.05, 0) is 61.6 Å². The SMILES string of the molecule is Cn1c(-c2cc3cccnc3n2CC2CC2)nc2cc(C(=O)N3C[C@@H](N)C[C@H](F)C3)ccc21.S.S. The van der Waals surface area contributed by atoms with Gasteiger partial charge < -0.3 is 19.8 Å². The second kappa shape index (κ2) is 9.83. The van der Waals surface area contributed by atoms with Gasteiger partial charge in [0.25, 0.3) is 5.91 Å². The van der Waals surface area contributed by atoms with Gasteiger partial charge in [0.15, 0.2) is 5.82 Å². The van der Waals surface area contributed by atoms with Crippen molar-refractivity contribution in [3.05, 3.63) is 48.2 Å². The summed E-state index contributed by atoms with van der Waals surface area (Å²) < 4.78 is 18.3. The maximum atomic E-state index is 14.0. The number of fused-ring (bicyclic) bond motifs is 2. The number of aryl methyl sites for hydroxylation is 1. The third-order valence-electron chi connectivity index (χ3n) is 6.87. The summed E-state index contributed by atoms with van der Waals surface area (Å²) in [5, 5.41) is 1.10. The molecule has 2 aliphatic rings. The highest BCUT2D eigenvalue weighted by Crippen LogP contribution is 2.36. The van der Waals surface area contributed by atoms with Crippen LogP contribution in [0.15, 0.2) is 42.6 Å². The number of carbonyl (C=O) groups is 1. The summed E-state index contributed by atoms with van der Waals surface area (Å²) in [4.78, 5) is 24.1. The summed E-state index contributed by atoms with van der Waals surface area (Å²) in [7, 11) is 2.00. The van der Waals surface area contributed by atoms with Crippen molar-refractivity contribution in [2.24, 2.45) is 18.7 Å². The van der Waals surface area contributed by atoms with E-state index in [4.69, 9.17) is 10.7 Å². The molecule has 2 N–H and O–H groups in total. The van der Waals surface area contributed by atoms with Crippen LogP contribution in [-0.2, 0) is 13.6 Å². The monoisotopic (exact) mass is 514 g/mol. The van der Waals surface area contributed by atoms with E-state index < -0.39 is 6.17 Å². The highest BCUT2D eigenvalue weighted by atomic mass is 32.1. The maximum Gasteiger partial charge on any atom is 0.254 e. The van der Waals surface area contributed by atoms with Crippen LogP contribution in [0.1, 0.15) is 29.6 Å². The fourth-order valence-corrected chi connectivity index (χ4v) is 5.00. The lowest BCUT2D eigenvalue weighted by molar-refractivity contribution is 0.0607. The highest BCUT2D eigenvalue weighted by molar-refractivity contribution is 7.59. The van der Waals surface area contributed by atoms with Crippen molar-refractivity contribution >= 4 is 55.0 Å². The molecule has 0 radical (unpaired) electrons. The molecule has 0 bridgehead atoms. The van der Waals surface area contributed by atoms with Crippen LogP contribution in [0, 0.1) is 5.92 Å². The average Bonchev–Trinajstić information content (AvgIpc) is 3.47. The van der Waals surface area contributed by atoms with Crippen LogP contribution >= 0.6 is 27.0 Å². The smallest absolute Gasteiger partial charge is 0.254 e. The van der Waals surface area contributed by atoms with Crippen LogP contribution in [0.3, 0.4) is 0 Å². The Morgan fingerprint density at radius 3 is 2.71 bits per heavy atom. The van der Waals surface area contributed by atoms with E-state index in [1.807, 2.05) is 25.4 Å². The zero-order valence-corrected chi connectivity index (χ0v) is 21.6. The summed E-state index contributed by atoms with van der Waals surface area (Å²) in [6.07, 6.45) is 3.55. The zero-order chi connectivity index (χ0) is 22.7. The number of aromatic nitrogens is 4. The number of nitrogens with zero attached hydrogens (tertiary/aromatic N) is 5. The van der Waals surface area contributed by atoms with Crippen LogP contribution < -0.4 is 5.73 Å². The van der Waals surface area contributed by atoms with Crippen LogP contribution in [0.5, 0.6) is 0 Å². The topological polar surface area (TPSA) is 82.0 Å². The van der Waals surface area contributed by atoms with Gasteiger partial charge in [0, 0.05) is 43.3 Å². The van der Waals surface area contributed by atoms with Crippen molar-refractivity contribution in [2.75, 3.05) is 13.1 Å². The van der Waals surface area contributed by atoms with Gasteiger partial charge in [-0.15, -0.1) is 0 Å². The van der Waals surface area contributed by atoms with Crippen molar-refractivity contribution in [3.8, 4) is 11.5 Å². The second-order valence-corrected chi connectivity index (χ2v) is 9.50. The van der Waals surface area contributed by atoms with Crippen molar-refractivity contribution in [3.63, 3.8) is 0 Å². The molecule has 0 spiro atoms. The molecule has 1 saturated heterocycles. The molecular weight excluding hydrogens is 483 g/mol. The molecule has 1 amide bonds. The number of imidazole rings is 1. The number of nitrogens with two attached hydrogens (primary N) is 1. The standard InChI is InChI=1S/C25H27FN6O.2H2S/c1-30-21-7-6-17(25(33)31-13-18(26)11-19(27)14-31)9-20(21)29-24(30)22-10-16-3-2-8-28-23(16)32(22)12-15-4-5-15;;/h2-3,6-10,15,18-19H,4-5,11-14,27H2,1H3;2*1H2/t18-,19-;;/m0../s1. The fraction of sp³-hybridized carbons (Fsp3) is 0.400. The van der Waals surface area contributed by atoms with Crippen LogP contribution in [0.2, 0.25) is 0 Å². The largest absolute Gasteiger partial charge is 0.334 e. The molecule has 186 valence electrons. The molecule has 6 rings (SSSR count). The van der Waals surface area contributed by atoms with Crippen LogP contribution in [0.4, 0.5) is 4.39 Å². The summed E-state index contributed by atoms with van der Waals surface area (Å²) >= 11 is 0. The molecule has 1 aliphatic carbocycles. The normalized spacial score (nSPS) is 20.0. The molecule has 3 aromatic heterocycles. The number of likely N-dealkylation sites (tertiary alicyclic amines) is 1. The van der Waals surface area contributed by atoms with Gasteiger partial charge >= 0.3 is 0 Å². The number of hydrogen-bond donors (Lipinski definition) is 1. The van der Waals surface area contributed by atoms with E-state index in [0.717, 1.165) is 40.1 Å². The van der Waals surface area contributed by atoms with Crippen molar-refractivity contribution in [1.82, 2.24) is 24.0 Å². The molecule has 4 aromatic rings. The Morgan fingerprint density at radius 2 is 1.97 bits per heavy atom. The minimum absolute atomic E-state index is 0. The number of piperidine rings is 1. The van der Waals surface area contributed by atoms with Crippen molar-refractivity contribution in [2.45, 2.75) is 38.0 Å². The first kappa shape index (κ1) is 25.5. The van der Waals surface area contributed by atoms with Gasteiger partial charge in [0.2, 0.25) is 0 Å². The predicted molar refractivity (Wildman–Crippen MR) is 146 cm³/mol. The van der Waals surface area contributed by atoms with E-state index in [2.05, 4.69) is 26.3 Å². The molecule has 7 nitrogen and oxygen atoms in total. The van der Waals surface area contributed by atoms with Crippen molar-refractivity contribution in [1.29, 1.82) is 0 Å². The minimum atomic E-state index is -1.08. The van der Waals surface area contributed by atoms with Gasteiger partial charge in [-0.25, -0.2) is 14.4 Å². The second-order valence-electron chi connectivity index (χ2n) is 9.50. The number of alkyl halides is 1. The molecule has 1 aliphatic heterocycles. The van der Waals surface area contributed by atoms with Crippen LogP contribution in [0.25, 0.3) is 33.6 Å². The molecule has 1 saturated carbocycles. The van der Waals surface area contributed by atoms with E-state index in [1.54, 1.807) is 12.1 Å². The number of amides is 1. The minimum Gasteiger partial charge on any atom is -0.334 e. The Morgan fingerprint density at radius 1 is 1.17 bits per heavy atom. The molecule has 2 atom stereocenters. The van der Waals surface area contributed by atoms with Gasteiger partial charge in [0.05, 0.1) is 23.3 Å². The van der Waals surface area contributed by atoms with E-state index in [0.29, 0.717) is 24.4 Å². The predicted octanol–water partition coefficient (Wildman–Crippen LogP) is 3.74. The molecule has 2 fully saturated rings. The number of rotatable bonds is 4. The maximum absolute atomic E-state index is 14.0. The Balaban J connectivity index is 0.00000144. The Kier molecular flexibility index (Phi) is 7.17. The fourth-order valence-electron chi connectivity index (χ4n) is 5.00. The Labute approximate surface area is 217 Å². The molecule has 35 heavy (non-hydrogen) atoms. The number of benzene rings is 1. The summed E-state index contributed by atoms with van der Waals surface area (Å²) in [6, 6.07) is 11.4. The first-order chi connectivity index (χ1) is 16.0. The molecule has 10 heteroatoms. The quantitative estimate of drug-likeness (QED) is 0.450. The molecule has 1 aromatic carbocycles. The number of halogens is 1. The first-order valence-corrected chi connectivity index (χ1v) is 11.6. The summed E-state index contributed by atoms with van der Waals surface area (Å²) in [6.45, 7) is 1.40. The van der Waals surface area contributed by atoms with E-state index in [-0.39, 0.29) is 45.5 Å². The van der Waals surface area contributed by atoms with E-state index in [9.17, 15) is 9.18 Å². The lowest BCUT2D eigenvalue weighted by Gasteiger charge is -2.33. The third kappa shape index (κ3) is 4.66. The van der Waals surface area contributed by atoms with Gasteiger partial charge in [-0.3, -0.25) is 4.79 Å². The summed E-state index contributed by atoms with van der Waals surface area (Å²) in [5.41, 5.74) is 10.1. The first-order valence-electron chi connectivity index (χ1n) is 11.6. The Bertz CT molecular complexity index is 1370. The van der Waals surface area contributed by atoms with E-state index in [1.165, 1.54) is 17.7 Å². The van der Waals surface area contributed by atoms with Crippen molar-refractivity contribution < 1.29 is 9.18 Å². The number of carbonyl (C=O) groups excluding carboxylic acids is 1. The number of pyridine rings is 1. The van der Waals surface area contributed by atoms with E-state index >= 15 is 0 Å². The highest BCUT2D eigenvalue weighted by Gasteiger charge is 2.29.